The van der Waals surface area contributed by atoms with Gasteiger partial charge in [0.25, 0.3) is 0 Å². The number of rotatable bonds is 6. The van der Waals surface area contributed by atoms with E-state index in [4.69, 9.17) is 5.73 Å². The maximum atomic E-state index is 13.4. The van der Waals surface area contributed by atoms with Crippen molar-refractivity contribution >= 4 is 15.5 Å². The quantitative estimate of drug-likeness (QED) is 0.567. The van der Waals surface area contributed by atoms with Crippen LogP contribution in [0.1, 0.15) is 35.2 Å². The summed E-state index contributed by atoms with van der Waals surface area (Å²) in [4.78, 5) is 6.49. The zero-order valence-corrected chi connectivity index (χ0v) is 19.2. The van der Waals surface area contributed by atoms with Crippen LogP contribution in [0.5, 0.6) is 0 Å². The van der Waals surface area contributed by atoms with E-state index in [1.165, 1.54) is 12.3 Å². The number of nitrogens with two attached hydrogens (primary N) is 1. The number of aromatic nitrogens is 1. The standard InChI is InChI=1S/C25H28FN3O2S/c1-3-32(30,31)14-13-29-12-11-20-21(5-4-6-23(20)27)25(29)18-8-7-17(2)22(15-18)24-10-9-19(26)16-28-24/h4-10,15-16,25H,3,11-14,27H2,1-2H3. The Morgan fingerprint density at radius 2 is 2.00 bits per heavy atom. The smallest absolute Gasteiger partial charge is 0.151 e. The van der Waals surface area contributed by atoms with Crippen LogP contribution < -0.4 is 5.73 Å². The zero-order chi connectivity index (χ0) is 22.9. The minimum atomic E-state index is -3.08. The Hall–Kier alpha value is -2.77. The van der Waals surface area contributed by atoms with Crippen LogP contribution in [-0.2, 0) is 16.3 Å². The number of fused-ring (bicyclic) bond motifs is 1. The maximum absolute atomic E-state index is 13.4. The third-order valence-corrected chi connectivity index (χ3v) is 7.95. The van der Waals surface area contributed by atoms with E-state index < -0.39 is 9.84 Å². The maximum Gasteiger partial charge on any atom is 0.151 e. The highest BCUT2D eigenvalue weighted by molar-refractivity contribution is 7.91. The van der Waals surface area contributed by atoms with Crippen LogP contribution in [0, 0.1) is 12.7 Å². The molecule has 3 aromatic rings. The molecular weight excluding hydrogens is 425 g/mol. The molecule has 0 saturated heterocycles. The number of halogens is 1. The Morgan fingerprint density at radius 3 is 2.72 bits per heavy atom. The topological polar surface area (TPSA) is 76.3 Å². The fraction of sp³-hybridized carbons (Fsp3) is 0.320. The lowest BCUT2D eigenvalue weighted by Gasteiger charge is -2.38. The van der Waals surface area contributed by atoms with Gasteiger partial charge in [-0.25, -0.2) is 12.8 Å². The molecule has 0 amide bonds. The van der Waals surface area contributed by atoms with Gasteiger partial charge in [-0.2, -0.15) is 0 Å². The van der Waals surface area contributed by atoms with Crippen molar-refractivity contribution < 1.29 is 12.8 Å². The van der Waals surface area contributed by atoms with Gasteiger partial charge in [0, 0.05) is 30.1 Å². The molecule has 0 saturated carbocycles. The molecule has 0 spiro atoms. The van der Waals surface area contributed by atoms with Gasteiger partial charge in [-0.3, -0.25) is 9.88 Å². The monoisotopic (exact) mass is 453 g/mol. The molecule has 1 atom stereocenters. The Kier molecular flexibility index (Phi) is 6.31. The predicted molar refractivity (Wildman–Crippen MR) is 127 cm³/mol. The molecule has 7 heteroatoms. The Balaban J connectivity index is 1.79. The lowest BCUT2D eigenvalue weighted by Crippen LogP contribution is -2.39. The van der Waals surface area contributed by atoms with Crippen molar-refractivity contribution in [3.8, 4) is 11.3 Å². The van der Waals surface area contributed by atoms with E-state index in [2.05, 4.69) is 28.1 Å². The molecule has 0 bridgehead atoms. The SMILES string of the molecule is CCS(=O)(=O)CCN1CCc2c(N)cccc2C1c1ccc(C)c(-c2ccc(F)cn2)c1. The van der Waals surface area contributed by atoms with E-state index in [1.807, 2.05) is 25.1 Å². The highest BCUT2D eigenvalue weighted by Gasteiger charge is 2.30. The largest absolute Gasteiger partial charge is 0.398 e. The number of nitrogen functional groups attached to an aromatic ring is 1. The van der Waals surface area contributed by atoms with Gasteiger partial charge in [-0.15, -0.1) is 0 Å². The van der Waals surface area contributed by atoms with E-state index in [0.29, 0.717) is 12.2 Å². The molecule has 4 rings (SSSR count). The van der Waals surface area contributed by atoms with Gasteiger partial charge in [0.2, 0.25) is 0 Å². The second kappa shape index (κ2) is 9.00. The van der Waals surface area contributed by atoms with Gasteiger partial charge in [0.15, 0.2) is 9.84 Å². The number of hydrogen-bond donors (Lipinski definition) is 1. The second-order valence-corrected chi connectivity index (χ2v) is 10.7. The third-order valence-electron chi connectivity index (χ3n) is 6.27. The molecule has 1 aliphatic heterocycles. The summed E-state index contributed by atoms with van der Waals surface area (Å²) in [5.41, 5.74) is 13.0. The van der Waals surface area contributed by atoms with Crippen LogP contribution in [0.4, 0.5) is 10.1 Å². The minimum Gasteiger partial charge on any atom is -0.398 e. The third kappa shape index (κ3) is 4.54. The van der Waals surface area contributed by atoms with Crippen LogP contribution in [0.2, 0.25) is 0 Å². The fourth-order valence-electron chi connectivity index (χ4n) is 4.40. The number of sulfone groups is 1. The summed E-state index contributed by atoms with van der Waals surface area (Å²) < 4.78 is 37.8. The summed E-state index contributed by atoms with van der Waals surface area (Å²) in [5.74, 6) is -0.113. The van der Waals surface area contributed by atoms with Crippen LogP contribution in [0.25, 0.3) is 11.3 Å². The molecule has 32 heavy (non-hydrogen) atoms. The van der Waals surface area contributed by atoms with Crippen molar-refractivity contribution in [2.75, 3.05) is 30.3 Å². The second-order valence-electron chi connectivity index (χ2n) is 8.28. The lowest BCUT2D eigenvalue weighted by atomic mass is 9.86. The number of pyridine rings is 1. The van der Waals surface area contributed by atoms with Crippen LogP contribution in [0.3, 0.4) is 0 Å². The highest BCUT2D eigenvalue weighted by Crippen LogP contribution is 2.39. The Labute approximate surface area is 189 Å². The molecule has 1 unspecified atom stereocenters. The molecule has 5 nitrogen and oxygen atoms in total. The van der Waals surface area contributed by atoms with Gasteiger partial charge in [-0.05, 0) is 59.9 Å². The average molecular weight is 454 g/mol. The van der Waals surface area contributed by atoms with E-state index in [-0.39, 0.29) is 23.4 Å². The van der Waals surface area contributed by atoms with Crippen molar-refractivity contribution in [3.63, 3.8) is 0 Å². The molecule has 0 radical (unpaired) electrons. The average Bonchev–Trinajstić information content (AvgIpc) is 2.79. The Morgan fingerprint density at radius 1 is 1.19 bits per heavy atom. The minimum absolute atomic E-state index is 0.117. The lowest BCUT2D eigenvalue weighted by molar-refractivity contribution is 0.226. The number of benzene rings is 2. The van der Waals surface area contributed by atoms with Crippen LogP contribution >= 0.6 is 0 Å². The predicted octanol–water partition coefficient (Wildman–Crippen LogP) is 4.16. The van der Waals surface area contributed by atoms with Gasteiger partial charge in [0.05, 0.1) is 23.7 Å². The van der Waals surface area contributed by atoms with E-state index in [1.54, 1.807) is 13.0 Å². The molecule has 1 aliphatic rings. The summed E-state index contributed by atoms with van der Waals surface area (Å²) in [6.07, 6.45) is 2.00. The summed E-state index contributed by atoms with van der Waals surface area (Å²) in [7, 11) is -3.08. The van der Waals surface area contributed by atoms with E-state index in [0.717, 1.165) is 46.5 Å². The summed E-state index contributed by atoms with van der Waals surface area (Å²) in [5, 5.41) is 0. The molecule has 168 valence electrons. The van der Waals surface area contributed by atoms with Crippen molar-refractivity contribution in [1.82, 2.24) is 9.88 Å². The molecule has 2 N–H and O–H groups in total. The van der Waals surface area contributed by atoms with Gasteiger partial charge in [0.1, 0.15) is 5.82 Å². The van der Waals surface area contributed by atoms with Gasteiger partial charge >= 0.3 is 0 Å². The van der Waals surface area contributed by atoms with Crippen LogP contribution in [0.15, 0.2) is 54.7 Å². The van der Waals surface area contributed by atoms with Crippen molar-refractivity contribution in [3.05, 3.63) is 82.8 Å². The first kappa shape index (κ1) is 22.4. The van der Waals surface area contributed by atoms with Crippen molar-refractivity contribution in [2.45, 2.75) is 26.3 Å². The number of aryl methyl sites for hydroxylation is 1. The molecule has 1 aromatic heterocycles. The summed E-state index contributed by atoms with van der Waals surface area (Å²) in [6, 6.07) is 15.1. The number of hydrogen-bond acceptors (Lipinski definition) is 5. The molecule has 0 fully saturated rings. The molecule has 0 aliphatic carbocycles. The number of anilines is 1. The van der Waals surface area contributed by atoms with Crippen molar-refractivity contribution in [1.29, 1.82) is 0 Å². The first-order chi connectivity index (χ1) is 15.3. The molecule has 2 heterocycles. The van der Waals surface area contributed by atoms with Gasteiger partial charge in [-0.1, -0.05) is 31.2 Å². The normalized spacial score (nSPS) is 16.7. The Bertz CT molecular complexity index is 1230. The van der Waals surface area contributed by atoms with Crippen molar-refractivity contribution in [2.24, 2.45) is 0 Å². The molecular formula is C25H28FN3O2S. The number of nitrogens with zero attached hydrogens (tertiary/aromatic N) is 2. The first-order valence-corrected chi connectivity index (χ1v) is 12.7. The molecule has 2 aromatic carbocycles. The summed E-state index contributed by atoms with van der Waals surface area (Å²) >= 11 is 0. The van der Waals surface area contributed by atoms with E-state index in [9.17, 15) is 12.8 Å². The van der Waals surface area contributed by atoms with Gasteiger partial charge < -0.3 is 5.73 Å². The zero-order valence-electron chi connectivity index (χ0n) is 18.4. The fourth-order valence-corrected chi connectivity index (χ4v) is 5.20. The first-order valence-electron chi connectivity index (χ1n) is 10.8. The van der Waals surface area contributed by atoms with Crippen LogP contribution in [-0.4, -0.2) is 42.9 Å². The van der Waals surface area contributed by atoms with E-state index >= 15 is 0 Å². The highest BCUT2D eigenvalue weighted by atomic mass is 32.2. The summed E-state index contributed by atoms with van der Waals surface area (Å²) in [6.45, 7) is 4.86.